The van der Waals surface area contributed by atoms with E-state index in [1.54, 1.807) is 0 Å². The highest BCUT2D eigenvalue weighted by Crippen LogP contribution is 2.43. The molecule has 1 unspecified atom stereocenters. The van der Waals surface area contributed by atoms with E-state index in [1.807, 2.05) is 0 Å². The largest absolute Gasteiger partial charge is 0.369 e. The van der Waals surface area contributed by atoms with Gasteiger partial charge in [-0.25, -0.2) is 0 Å². The maximum Gasteiger partial charge on any atom is 0.222 e. The van der Waals surface area contributed by atoms with E-state index >= 15 is 0 Å². The number of carbonyl (C=O) groups is 1. The quantitative estimate of drug-likeness (QED) is 0.653. The third-order valence-electron chi connectivity index (χ3n) is 2.04. The summed E-state index contributed by atoms with van der Waals surface area (Å²) < 4.78 is 90.6. The predicted molar refractivity (Wildman–Crippen MR) is 49.1 cm³/mol. The standard InChI is InChI=1S/C9H18N2O2/c1-8(2)5-6(7(10)12)9(3,4)11(8)13/h6,13H,5H2,1-4H3,(H2,10,12)/i1D3,2D3,3D3,4D3. The highest BCUT2D eigenvalue weighted by Gasteiger charge is 2.53. The SMILES string of the molecule is [2H]C([2H])([2H])C1(C([2H])([2H])[2H])CC(C(N)=O)C(C([2H])([2H])[2H])(C([2H])([2H])[2H])N1O. The van der Waals surface area contributed by atoms with Crippen molar-refractivity contribution in [2.75, 3.05) is 0 Å². The van der Waals surface area contributed by atoms with Crippen molar-refractivity contribution < 1.29 is 26.5 Å². The molecule has 4 nitrogen and oxygen atoms in total. The number of rotatable bonds is 1. The summed E-state index contributed by atoms with van der Waals surface area (Å²) in [5, 5.41) is 9.83. The molecular formula is C9H18N2O2. The molecule has 1 amide bonds. The molecule has 1 heterocycles. The Morgan fingerprint density at radius 3 is 2.54 bits per heavy atom. The molecule has 0 aromatic rings. The second kappa shape index (κ2) is 2.69. The summed E-state index contributed by atoms with van der Waals surface area (Å²) in [4.78, 5) is 11.8. The lowest BCUT2D eigenvalue weighted by Gasteiger charge is -2.35. The summed E-state index contributed by atoms with van der Waals surface area (Å²) in [6, 6.07) is 0. The van der Waals surface area contributed by atoms with Gasteiger partial charge in [0, 0.05) is 22.0 Å². The van der Waals surface area contributed by atoms with Crippen LogP contribution in [0.3, 0.4) is 0 Å². The Bertz CT molecular complexity index is 517. The van der Waals surface area contributed by atoms with Gasteiger partial charge in [-0.3, -0.25) is 4.79 Å². The van der Waals surface area contributed by atoms with Gasteiger partial charge in [0.1, 0.15) is 0 Å². The molecule has 0 saturated carbocycles. The number of carbonyl (C=O) groups excluding carboxylic acids is 1. The molecule has 0 radical (unpaired) electrons. The van der Waals surface area contributed by atoms with E-state index in [0.29, 0.717) is 0 Å². The molecule has 0 bridgehead atoms. The summed E-state index contributed by atoms with van der Waals surface area (Å²) >= 11 is 0. The van der Waals surface area contributed by atoms with E-state index in [2.05, 4.69) is 0 Å². The van der Waals surface area contributed by atoms with Gasteiger partial charge in [0.25, 0.3) is 0 Å². The second-order valence-corrected chi connectivity index (χ2v) is 3.10. The summed E-state index contributed by atoms with van der Waals surface area (Å²) in [7, 11) is 0. The average molecular weight is 198 g/mol. The minimum absolute atomic E-state index is 0.671. The average Bonchev–Trinajstić information content (AvgIpc) is 2.57. The third kappa shape index (κ3) is 1.44. The number of hydrogen-bond donors (Lipinski definition) is 2. The Morgan fingerprint density at radius 2 is 2.23 bits per heavy atom. The van der Waals surface area contributed by atoms with E-state index < -0.39 is 61.8 Å². The van der Waals surface area contributed by atoms with Crippen molar-refractivity contribution >= 4 is 5.91 Å². The summed E-state index contributed by atoms with van der Waals surface area (Å²) in [6.45, 7) is -14.4. The van der Waals surface area contributed by atoms with E-state index in [1.165, 1.54) is 0 Å². The molecule has 0 aromatic carbocycles. The number of amides is 1. The van der Waals surface area contributed by atoms with Crippen LogP contribution < -0.4 is 5.73 Å². The lowest BCUT2D eigenvalue weighted by Crippen LogP contribution is -2.49. The lowest BCUT2D eigenvalue weighted by atomic mass is 9.86. The number of nitrogens with zero attached hydrogens (tertiary/aromatic N) is 1. The summed E-state index contributed by atoms with van der Waals surface area (Å²) in [5.41, 5.74) is -1.70. The van der Waals surface area contributed by atoms with Gasteiger partial charge in [-0.15, -0.1) is 0 Å². The molecule has 3 N–H and O–H groups in total. The molecule has 0 aliphatic carbocycles. The Labute approximate surface area is 95.5 Å². The molecule has 1 saturated heterocycles. The van der Waals surface area contributed by atoms with Crippen molar-refractivity contribution in [3.05, 3.63) is 0 Å². The van der Waals surface area contributed by atoms with Crippen LogP contribution in [-0.2, 0) is 4.79 Å². The number of nitrogens with two attached hydrogens (primary N) is 1. The van der Waals surface area contributed by atoms with Gasteiger partial charge in [-0.05, 0) is 33.8 Å². The molecule has 0 aromatic heterocycles. The van der Waals surface area contributed by atoms with Gasteiger partial charge in [0.15, 0.2) is 0 Å². The van der Waals surface area contributed by atoms with Gasteiger partial charge in [-0.2, -0.15) is 5.06 Å². The molecule has 1 atom stereocenters. The van der Waals surface area contributed by atoms with Crippen LogP contribution in [0.15, 0.2) is 0 Å². The van der Waals surface area contributed by atoms with Crippen LogP contribution in [-0.4, -0.2) is 27.3 Å². The number of hydrogen-bond acceptors (Lipinski definition) is 3. The fourth-order valence-corrected chi connectivity index (χ4v) is 1.28. The zero-order chi connectivity index (χ0) is 20.4. The van der Waals surface area contributed by atoms with Crippen molar-refractivity contribution in [2.24, 2.45) is 11.7 Å². The third-order valence-corrected chi connectivity index (χ3v) is 2.04. The van der Waals surface area contributed by atoms with Gasteiger partial charge in [-0.1, -0.05) is 0 Å². The van der Waals surface area contributed by atoms with E-state index in [0.717, 1.165) is 0 Å². The van der Waals surface area contributed by atoms with Crippen molar-refractivity contribution in [1.82, 2.24) is 5.06 Å². The first-order chi connectivity index (χ1) is 10.7. The fourth-order valence-electron chi connectivity index (χ4n) is 1.28. The first kappa shape index (κ1) is 2.70. The molecular weight excluding hydrogens is 168 g/mol. The lowest BCUT2D eigenvalue weighted by molar-refractivity contribution is -0.197. The Morgan fingerprint density at radius 1 is 1.62 bits per heavy atom. The van der Waals surface area contributed by atoms with Crippen LogP contribution >= 0.6 is 0 Å². The first-order valence-corrected chi connectivity index (χ1v) is 3.48. The van der Waals surface area contributed by atoms with Crippen molar-refractivity contribution in [2.45, 2.75) is 44.9 Å². The molecule has 4 heteroatoms. The van der Waals surface area contributed by atoms with Crippen LogP contribution in [0.4, 0.5) is 0 Å². The van der Waals surface area contributed by atoms with E-state index in [4.69, 9.17) is 22.2 Å². The maximum atomic E-state index is 11.8. The van der Waals surface area contributed by atoms with Crippen molar-refractivity contribution in [3.63, 3.8) is 0 Å². The molecule has 1 fully saturated rings. The maximum absolute atomic E-state index is 11.8. The molecule has 13 heavy (non-hydrogen) atoms. The molecule has 76 valence electrons. The number of hydroxylamine groups is 2. The smallest absolute Gasteiger partial charge is 0.222 e. The van der Waals surface area contributed by atoms with Crippen LogP contribution in [0.5, 0.6) is 0 Å². The van der Waals surface area contributed by atoms with E-state index in [9.17, 15) is 10.0 Å². The first-order valence-electron chi connectivity index (χ1n) is 9.48. The van der Waals surface area contributed by atoms with Gasteiger partial charge in [0.05, 0.1) is 11.5 Å². The number of primary amides is 1. The minimum atomic E-state index is -3.66. The Balaban J connectivity index is 4.01. The Hall–Kier alpha value is -0.610. The van der Waals surface area contributed by atoms with Gasteiger partial charge >= 0.3 is 0 Å². The highest BCUT2D eigenvalue weighted by molar-refractivity contribution is 5.78. The van der Waals surface area contributed by atoms with Crippen LogP contribution in [0.1, 0.15) is 50.3 Å². The molecule has 1 aliphatic heterocycles. The van der Waals surface area contributed by atoms with Gasteiger partial charge < -0.3 is 10.9 Å². The topological polar surface area (TPSA) is 66.6 Å². The molecule has 0 spiro atoms. The second-order valence-electron chi connectivity index (χ2n) is 3.10. The van der Waals surface area contributed by atoms with Crippen LogP contribution in [0.2, 0.25) is 0 Å². The summed E-state index contributed by atoms with van der Waals surface area (Å²) in [5.74, 6) is -3.82. The monoisotopic (exact) mass is 198 g/mol. The van der Waals surface area contributed by atoms with Crippen molar-refractivity contribution in [1.29, 1.82) is 0 Å². The van der Waals surface area contributed by atoms with Crippen LogP contribution in [0, 0.1) is 5.92 Å². The Kier molecular flexibility index (Phi) is 0.559. The normalized spacial score (nSPS) is 49.5. The predicted octanol–water partition coefficient (Wildman–Crippen LogP) is 0.740. The van der Waals surface area contributed by atoms with Crippen molar-refractivity contribution in [3.8, 4) is 0 Å². The molecule has 1 rings (SSSR count). The van der Waals surface area contributed by atoms with Crippen LogP contribution in [0.25, 0.3) is 0 Å². The van der Waals surface area contributed by atoms with Gasteiger partial charge in [0.2, 0.25) is 5.91 Å². The molecule has 1 aliphatic rings. The summed E-state index contributed by atoms with van der Waals surface area (Å²) in [6.07, 6.45) is -1.29. The zero-order valence-electron chi connectivity index (χ0n) is 18.7. The minimum Gasteiger partial charge on any atom is -0.369 e. The zero-order valence-corrected chi connectivity index (χ0v) is 6.66. The highest BCUT2D eigenvalue weighted by atomic mass is 16.5. The van der Waals surface area contributed by atoms with E-state index in [-0.39, 0.29) is 0 Å². The fraction of sp³-hybridized carbons (Fsp3) is 0.889.